The van der Waals surface area contributed by atoms with E-state index in [1.54, 1.807) is 30.7 Å². The Kier molecular flexibility index (Phi) is 9.21. The Balaban J connectivity index is 1.04. The standard InChI is InChI=1S/C36H33ClF2N6O4/c1-2-44-21-40-17-25(44)18-45-31-15-22(27-7-8-28(27)36(46)47)14-30(39)35(31)42-33(45)19-43-12-10-26(11-13-43)49-34-5-3-4-24(41-34)20-48-32-9-6-23(37)16-29(32)38/h3-6,9,14-17,21,26-28H,2,10-13,18-20H2,1H3,(H,46,47). The third-order valence-corrected chi connectivity index (χ3v) is 9.19. The third kappa shape index (κ3) is 6.95. The zero-order valence-electron chi connectivity index (χ0n) is 26.7. The van der Waals surface area contributed by atoms with Gasteiger partial charge in [0.1, 0.15) is 30.0 Å². The van der Waals surface area contributed by atoms with E-state index in [0.29, 0.717) is 46.6 Å². The summed E-state index contributed by atoms with van der Waals surface area (Å²) in [6, 6.07) is 12.8. The maximum atomic E-state index is 15.6. The first-order valence-corrected chi connectivity index (χ1v) is 16.5. The summed E-state index contributed by atoms with van der Waals surface area (Å²) in [6.45, 7) is 5.21. The highest BCUT2D eigenvalue weighted by molar-refractivity contribution is 6.30. The van der Waals surface area contributed by atoms with Crippen LogP contribution in [0, 0.1) is 29.4 Å². The normalized spacial score (nSPS) is 17.8. The number of carboxylic acids is 1. The molecule has 5 aromatic rings. The highest BCUT2D eigenvalue weighted by atomic mass is 35.5. The molecular formula is C36H33ClF2N6O4. The predicted octanol–water partition coefficient (Wildman–Crippen LogP) is 6.05. The molecule has 0 bridgehead atoms. The minimum atomic E-state index is -1.01. The van der Waals surface area contributed by atoms with Crippen LogP contribution >= 0.6 is 11.6 Å². The van der Waals surface area contributed by atoms with Gasteiger partial charge in [0.05, 0.1) is 42.2 Å². The number of fused-ring (bicyclic) bond motifs is 1. The Hall–Kier alpha value is -4.99. The van der Waals surface area contributed by atoms with E-state index < -0.39 is 29.4 Å². The number of piperidine rings is 1. The molecule has 2 aromatic carbocycles. The number of halogens is 3. The topological polar surface area (TPSA) is 108 Å². The molecule has 49 heavy (non-hydrogen) atoms. The van der Waals surface area contributed by atoms with Gasteiger partial charge in [0.15, 0.2) is 17.4 Å². The highest BCUT2D eigenvalue weighted by Gasteiger charge is 2.33. The minimum absolute atomic E-state index is 0.0582. The first kappa shape index (κ1) is 32.6. The summed E-state index contributed by atoms with van der Waals surface area (Å²) in [4.78, 5) is 27.6. The molecule has 4 heterocycles. The van der Waals surface area contributed by atoms with Crippen molar-refractivity contribution in [2.24, 2.45) is 5.92 Å². The van der Waals surface area contributed by atoms with E-state index in [9.17, 15) is 14.3 Å². The van der Waals surface area contributed by atoms with Crippen molar-refractivity contribution < 1.29 is 28.2 Å². The molecule has 10 nitrogen and oxygen atoms in total. The average molecular weight is 687 g/mol. The van der Waals surface area contributed by atoms with Gasteiger partial charge in [-0.15, -0.1) is 0 Å². The van der Waals surface area contributed by atoms with Crippen molar-refractivity contribution in [3.8, 4) is 23.5 Å². The predicted molar refractivity (Wildman–Crippen MR) is 177 cm³/mol. The van der Waals surface area contributed by atoms with Gasteiger partial charge in [0.2, 0.25) is 5.88 Å². The van der Waals surface area contributed by atoms with Crippen LogP contribution in [-0.2, 0) is 31.0 Å². The number of ether oxygens (including phenoxy) is 2. The van der Waals surface area contributed by atoms with Gasteiger partial charge in [-0.05, 0) is 61.7 Å². The van der Waals surface area contributed by atoms with Crippen molar-refractivity contribution in [2.45, 2.75) is 58.0 Å². The molecule has 3 aromatic heterocycles. The van der Waals surface area contributed by atoms with Crippen molar-refractivity contribution in [1.29, 1.82) is 0 Å². The van der Waals surface area contributed by atoms with Crippen molar-refractivity contribution in [3.05, 3.63) is 100 Å². The van der Waals surface area contributed by atoms with Crippen molar-refractivity contribution in [3.63, 3.8) is 0 Å². The number of hydrogen-bond acceptors (Lipinski definition) is 7. The van der Waals surface area contributed by atoms with Crippen LogP contribution in [-0.4, -0.2) is 59.3 Å². The van der Waals surface area contributed by atoms with Gasteiger partial charge in [0.25, 0.3) is 0 Å². The summed E-state index contributed by atoms with van der Waals surface area (Å²) in [5.41, 5.74) is 2.93. The largest absolute Gasteiger partial charge is 0.484 e. The third-order valence-electron chi connectivity index (χ3n) is 8.96. The highest BCUT2D eigenvalue weighted by Crippen LogP contribution is 2.34. The van der Waals surface area contributed by atoms with Crippen LogP contribution in [0.4, 0.5) is 8.78 Å². The van der Waals surface area contributed by atoms with E-state index in [-0.39, 0.29) is 24.0 Å². The second-order valence-corrected chi connectivity index (χ2v) is 12.6. The van der Waals surface area contributed by atoms with Crippen LogP contribution in [0.2, 0.25) is 5.02 Å². The Morgan fingerprint density at radius 2 is 1.90 bits per heavy atom. The number of likely N-dealkylation sites (tertiary alicyclic amines) is 1. The van der Waals surface area contributed by atoms with E-state index in [2.05, 4.69) is 26.7 Å². The molecule has 2 aliphatic rings. The number of hydrogen-bond donors (Lipinski definition) is 1. The molecule has 1 aliphatic heterocycles. The zero-order chi connectivity index (χ0) is 34.1. The number of aryl methyl sites for hydroxylation is 1. The van der Waals surface area contributed by atoms with E-state index in [1.165, 1.54) is 18.2 Å². The number of benzene rings is 2. The van der Waals surface area contributed by atoms with Crippen molar-refractivity contribution in [1.82, 2.24) is 29.0 Å². The Morgan fingerprint density at radius 3 is 2.63 bits per heavy atom. The Labute approximate surface area is 286 Å². The van der Waals surface area contributed by atoms with Crippen molar-refractivity contribution >= 4 is 28.6 Å². The summed E-state index contributed by atoms with van der Waals surface area (Å²) in [5, 5.41) is 9.84. The minimum Gasteiger partial charge on any atom is -0.484 e. The van der Waals surface area contributed by atoms with Crippen LogP contribution in [0.3, 0.4) is 0 Å². The van der Waals surface area contributed by atoms with Gasteiger partial charge in [-0.25, -0.2) is 23.7 Å². The summed E-state index contributed by atoms with van der Waals surface area (Å²) in [5.74, 6) is 3.35. The number of aliphatic carboxylic acids is 1. The van der Waals surface area contributed by atoms with Gasteiger partial charge in [-0.3, -0.25) is 9.69 Å². The van der Waals surface area contributed by atoms with Gasteiger partial charge in [-0.2, -0.15) is 0 Å². The van der Waals surface area contributed by atoms with E-state index in [0.717, 1.165) is 38.2 Å². The molecule has 0 radical (unpaired) electrons. The number of carbonyl (C=O) groups is 1. The van der Waals surface area contributed by atoms with E-state index in [1.807, 2.05) is 28.2 Å². The number of nitrogens with zero attached hydrogens (tertiary/aromatic N) is 6. The van der Waals surface area contributed by atoms with Crippen LogP contribution in [0.15, 0.2) is 61.1 Å². The number of pyridine rings is 1. The zero-order valence-corrected chi connectivity index (χ0v) is 27.4. The Morgan fingerprint density at radius 1 is 1.06 bits per heavy atom. The summed E-state index contributed by atoms with van der Waals surface area (Å²) < 4.78 is 45.6. The molecular weight excluding hydrogens is 654 g/mol. The molecule has 1 N–H and O–H groups in total. The van der Waals surface area contributed by atoms with Crippen LogP contribution in [0.1, 0.15) is 48.5 Å². The first-order valence-electron chi connectivity index (χ1n) is 16.1. The number of imidazole rings is 2. The fraction of sp³-hybridized carbons (Fsp3) is 0.333. The fourth-order valence-electron chi connectivity index (χ4n) is 6.29. The average Bonchev–Trinajstić information content (AvgIpc) is 3.65. The lowest BCUT2D eigenvalue weighted by molar-refractivity contribution is -0.140. The SMILES string of the molecule is CCn1cncc1Cn1c(CN2CCC(Oc3cccc(COc4ccc(Cl)cc4F)n3)CC2)nc2c(F)cc(C3C#CC3C(=O)O)cc21. The molecule has 1 saturated heterocycles. The lowest BCUT2D eigenvalue weighted by Crippen LogP contribution is -2.38. The molecule has 1 fully saturated rings. The molecule has 252 valence electrons. The maximum absolute atomic E-state index is 15.6. The second kappa shape index (κ2) is 13.9. The van der Waals surface area contributed by atoms with E-state index in [4.69, 9.17) is 26.1 Å². The number of carboxylic acid groups (broad SMARTS) is 1. The van der Waals surface area contributed by atoms with Crippen LogP contribution < -0.4 is 9.47 Å². The summed E-state index contributed by atoms with van der Waals surface area (Å²) in [6.07, 6.45) is 5.00. The first-order chi connectivity index (χ1) is 23.7. The lowest BCUT2D eigenvalue weighted by Gasteiger charge is -2.31. The smallest absolute Gasteiger partial charge is 0.320 e. The monoisotopic (exact) mass is 686 g/mol. The molecule has 0 amide bonds. The number of aromatic nitrogens is 5. The quantitative estimate of drug-likeness (QED) is 0.158. The molecule has 7 rings (SSSR count). The molecule has 0 spiro atoms. The van der Waals surface area contributed by atoms with Gasteiger partial charge >= 0.3 is 5.97 Å². The van der Waals surface area contributed by atoms with Crippen LogP contribution in [0.25, 0.3) is 11.0 Å². The maximum Gasteiger partial charge on any atom is 0.320 e. The Bertz CT molecular complexity index is 2080. The second-order valence-electron chi connectivity index (χ2n) is 12.2. The van der Waals surface area contributed by atoms with Gasteiger partial charge < -0.3 is 23.7 Å². The molecule has 2 unspecified atom stereocenters. The molecule has 0 saturated carbocycles. The lowest BCUT2D eigenvalue weighted by atomic mass is 9.80. The summed E-state index contributed by atoms with van der Waals surface area (Å²) in [7, 11) is 0. The van der Waals surface area contributed by atoms with Gasteiger partial charge in [0, 0.05) is 36.9 Å². The summed E-state index contributed by atoms with van der Waals surface area (Å²) >= 11 is 5.83. The van der Waals surface area contributed by atoms with E-state index >= 15 is 4.39 Å². The molecule has 2 atom stereocenters. The molecule has 1 aliphatic carbocycles. The number of rotatable bonds is 12. The van der Waals surface area contributed by atoms with Crippen molar-refractivity contribution in [2.75, 3.05) is 13.1 Å². The van der Waals surface area contributed by atoms with Crippen LogP contribution in [0.5, 0.6) is 11.6 Å². The molecule has 13 heteroatoms. The van der Waals surface area contributed by atoms with Gasteiger partial charge in [-0.1, -0.05) is 29.5 Å². The fourth-order valence-corrected chi connectivity index (χ4v) is 6.45.